The van der Waals surface area contributed by atoms with E-state index in [1.54, 1.807) is 0 Å². The second kappa shape index (κ2) is 10.8. The van der Waals surface area contributed by atoms with E-state index in [1.807, 2.05) is 12.3 Å². The van der Waals surface area contributed by atoms with Gasteiger partial charge in [0.2, 0.25) is 0 Å². The summed E-state index contributed by atoms with van der Waals surface area (Å²) in [6.45, 7) is 0. The van der Waals surface area contributed by atoms with Crippen molar-refractivity contribution in [2.75, 3.05) is 0 Å². The Balaban J connectivity index is 1.31. The van der Waals surface area contributed by atoms with Crippen LogP contribution in [0.25, 0.3) is 87.7 Å². The topological polar surface area (TPSA) is 12.9 Å². The molecular formula is C45H29N. The third kappa shape index (κ3) is 4.29. The predicted molar refractivity (Wildman–Crippen MR) is 196 cm³/mol. The molecule has 0 unspecified atom stereocenters. The van der Waals surface area contributed by atoms with Crippen molar-refractivity contribution < 1.29 is 0 Å². The van der Waals surface area contributed by atoms with Crippen molar-refractivity contribution >= 4 is 43.2 Å². The fourth-order valence-corrected chi connectivity index (χ4v) is 7.17. The number of nitrogens with zero attached hydrogens (tertiary/aromatic N) is 1. The fraction of sp³-hybridized carbons (Fsp3) is 0. The average molecular weight is 584 g/mol. The second-order valence-electron chi connectivity index (χ2n) is 11.9. The molecule has 46 heavy (non-hydrogen) atoms. The Morgan fingerprint density at radius 2 is 0.957 bits per heavy atom. The van der Waals surface area contributed by atoms with Crippen LogP contribution < -0.4 is 0 Å². The van der Waals surface area contributed by atoms with Crippen LogP contribution in [0.1, 0.15) is 0 Å². The van der Waals surface area contributed by atoms with E-state index in [1.165, 1.54) is 76.8 Å². The highest BCUT2D eigenvalue weighted by Crippen LogP contribution is 2.46. The lowest BCUT2D eigenvalue weighted by Crippen LogP contribution is -1.93. The van der Waals surface area contributed by atoms with Crippen LogP contribution in [-0.4, -0.2) is 4.98 Å². The van der Waals surface area contributed by atoms with Gasteiger partial charge in [0, 0.05) is 17.0 Å². The van der Waals surface area contributed by atoms with Crippen molar-refractivity contribution in [3.05, 3.63) is 176 Å². The Hall–Kier alpha value is -6.05. The molecule has 0 bridgehead atoms. The Morgan fingerprint density at radius 3 is 1.76 bits per heavy atom. The molecule has 1 heteroatoms. The molecule has 0 saturated heterocycles. The van der Waals surface area contributed by atoms with Crippen molar-refractivity contribution in [2.24, 2.45) is 0 Å². The molecule has 0 radical (unpaired) electrons. The van der Waals surface area contributed by atoms with Gasteiger partial charge in [0.25, 0.3) is 0 Å². The molecule has 1 nitrogen and oxygen atoms in total. The zero-order valence-electron chi connectivity index (χ0n) is 25.2. The molecule has 0 spiro atoms. The van der Waals surface area contributed by atoms with E-state index in [4.69, 9.17) is 4.98 Å². The standard InChI is InChI=1S/C45H29N/c1-3-12-33(13-4-1)42-40-27-24-35-17-10-28-46-45(35)44(40)43(34-14-5-2-6-15-34)39-26-25-36(29-41(39)42)30-20-22-32(23-21-30)38-19-9-16-31-11-7-8-18-37(31)38/h1-29H. The van der Waals surface area contributed by atoms with Crippen molar-refractivity contribution in [1.82, 2.24) is 4.98 Å². The van der Waals surface area contributed by atoms with Crippen LogP contribution in [0, 0.1) is 0 Å². The zero-order chi connectivity index (χ0) is 30.5. The summed E-state index contributed by atoms with van der Waals surface area (Å²) >= 11 is 0. The highest BCUT2D eigenvalue weighted by atomic mass is 14.6. The predicted octanol–water partition coefficient (Wildman–Crippen LogP) is 12.4. The number of hydrogen-bond donors (Lipinski definition) is 0. The van der Waals surface area contributed by atoms with Gasteiger partial charge in [-0.25, -0.2) is 0 Å². The van der Waals surface area contributed by atoms with Gasteiger partial charge in [0.1, 0.15) is 0 Å². The van der Waals surface area contributed by atoms with Gasteiger partial charge in [-0.2, -0.15) is 0 Å². The smallest absolute Gasteiger partial charge is 0.0786 e. The van der Waals surface area contributed by atoms with Crippen LogP contribution >= 0.6 is 0 Å². The third-order valence-electron chi connectivity index (χ3n) is 9.30. The number of hydrogen-bond acceptors (Lipinski definition) is 1. The lowest BCUT2D eigenvalue weighted by atomic mass is 9.84. The minimum atomic E-state index is 1.03. The lowest BCUT2D eigenvalue weighted by molar-refractivity contribution is 1.43. The van der Waals surface area contributed by atoms with Crippen LogP contribution in [0.3, 0.4) is 0 Å². The lowest BCUT2D eigenvalue weighted by Gasteiger charge is -2.20. The monoisotopic (exact) mass is 583 g/mol. The number of pyridine rings is 1. The van der Waals surface area contributed by atoms with Crippen LogP contribution in [-0.2, 0) is 0 Å². The molecule has 0 saturated carbocycles. The Kier molecular flexibility index (Phi) is 6.21. The molecule has 1 heterocycles. The van der Waals surface area contributed by atoms with Crippen LogP contribution in [0.2, 0.25) is 0 Å². The first-order valence-corrected chi connectivity index (χ1v) is 15.8. The zero-order valence-corrected chi connectivity index (χ0v) is 25.2. The van der Waals surface area contributed by atoms with Crippen LogP contribution in [0.15, 0.2) is 176 Å². The van der Waals surface area contributed by atoms with Gasteiger partial charge in [-0.05, 0) is 83.6 Å². The van der Waals surface area contributed by atoms with Gasteiger partial charge in [-0.3, -0.25) is 4.98 Å². The summed E-state index contributed by atoms with van der Waals surface area (Å²) in [7, 11) is 0. The van der Waals surface area contributed by atoms with E-state index in [9.17, 15) is 0 Å². The average Bonchev–Trinajstić information content (AvgIpc) is 3.14. The number of benzene rings is 8. The first-order chi connectivity index (χ1) is 22.8. The summed E-state index contributed by atoms with van der Waals surface area (Å²) in [6.07, 6.45) is 1.91. The molecule has 0 fully saturated rings. The van der Waals surface area contributed by atoms with Gasteiger partial charge < -0.3 is 0 Å². The number of rotatable bonds is 4. The van der Waals surface area contributed by atoms with E-state index >= 15 is 0 Å². The molecule has 0 aliphatic rings. The Labute approximate surface area is 268 Å². The van der Waals surface area contributed by atoms with Gasteiger partial charge >= 0.3 is 0 Å². The number of fused-ring (bicyclic) bond motifs is 5. The van der Waals surface area contributed by atoms with E-state index in [0.717, 1.165) is 10.9 Å². The summed E-state index contributed by atoms with van der Waals surface area (Å²) in [6, 6.07) is 61.4. The first kappa shape index (κ1) is 26.4. The van der Waals surface area contributed by atoms with E-state index in [2.05, 4.69) is 164 Å². The largest absolute Gasteiger partial charge is 0.256 e. The van der Waals surface area contributed by atoms with E-state index < -0.39 is 0 Å². The molecule has 8 aromatic carbocycles. The highest BCUT2D eigenvalue weighted by molar-refractivity contribution is 6.27. The van der Waals surface area contributed by atoms with Crippen molar-refractivity contribution in [1.29, 1.82) is 0 Å². The van der Waals surface area contributed by atoms with Gasteiger partial charge in [0.05, 0.1) is 5.52 Å². The van der Waals surface area contributed by atoms with Crippen molar-refractivity contribution in [3.63, 3.8) is 0 Å². The molecular weight excluding hydrogens is 555 g/mol. The maximum Gasteiger partial charge on any atom is 0.0786 e. The van der Waals surface area contributed by atoms with Gasteiger partial charge in [-0.1, -0.05) is 158 Å². The third-order valence-corrected chi connectivity index (χ3v) is 9.30. The molecule has 0 aliphatic carbocycles. The molecule has 9 rings (SSSR count). The second-order valence-corrected chi connectivity index (χ2v) is 11.9. The van der Waals surface area contributed by atoms with E-state index in [0.29, 0.717) is 0 Å². The summed E-state index contributed by atoms with van der Waals surface area (Å²) < 4.78 is 0. The summed E-state index contributed by atoms with van der Waals surface area (Å²) in [4.78, 5) is 4.95. The van der Waals surface area contributed by atoms with Crippen LogP contribution in [0.4, 0.5) is 0 Å². The molecule has 0 N–H and O–H groups in total. The summed E-state index contributed by atoms with van der Waals surface area (Å²) in [5, 5.41) is 8.56. The minimum Gasteiger partial charge on any atom is -0.256 e. The van der Waals surface area contributed by atoms with E-state index in [-0.39, 0.29) is 0 Å². The first-order valence-electron chi connectivity index (χ1n) is 15.8. The summed E-state index contributed by atoms with van der Waals surface area (Å²) in [5.41, 5.74) is 10.8. The SMILES string of the molecule is c1ccc(-c2c3cc(-c4ccc(-c5cccc6ccccc56)cc4)ccc3c(-c3ccccc3)c3c2ccc2cccnc23)cc1. The normalized spacial score (nSPS) is 11.5. The van der Waals surface area contributed by atoms with Gasteiger partial charge in [-0.15, -0.1) is 0 Å². The molecule has 9 aromatic rings. The molecule has 1 aromatic heterocycles. The van der Waals surface area contributed by atoms with Crippen molar-refractivity contribution in [2.45, 2.75) is 0 Å². The van der Waals surface area contributed by atoms with Crippen molar-refractivity contribution in [3.8, 4) is 44.5 Å². The molecule has 0 aliphatic heterocycles. The molecule has 0 atom stereocenters. The molecule has 0 amide bonds. The minimum absolute atomic E-state index is 1.03. The van der Waals surface area contributed by atoms with Crippen LogP contribution in [0.5, 0.6) is 0 Å². The van der Waals surface area contributed by atoms with Gasteiger partial charge in [0.15, 0.2) is 0 Å². The Bertz CT molecular complexity index is 2540. The fourth-order valence-electron chi connectivity index (χ4n) is 7.17. The molecule has 214 valence electrons. The highest BCUT2D eigenvalue weighted by Gasteiger charge is 2.20. The Morgan fingerprint density at radius 1 is 0.326 bits per heavy atom. The maximum atomic E-state index is 4.95. The maximum absolute atomic E-state index is 4.95. The summed E-state index contributed by atoms with van der Waals surface area (Å²) in [5.74, 6) is 0. The number of aromatic nitrogens is 1. The quantitative estimate of drug-likeness (QED) is 0.148.